The van der Waals surface area contributed by atoms with Gasteiger partial charge < -0.3 is 15.5 Å². The lowest BCUT2D eigenvalue weighted by molar-refractivity contribution is -0.114. The summed E-state index contributed by atoms with van der Waals surface area (Å²) >= 11 is 0. The number of nitrogens with one attached hydrogen (secondary N) is 2. The highest BCUT2D eigenvalue weighted by Crippen LogP contribution is 2.23. The second kappa shape index (κ2) is 7.85. The standard InChI is InChI=1S/C21H21N5O/c1-5-15-6-7-20-17(8-15)12-22-21(25-20)24-19-10-16(13-26(3)4)9-18(11-19)23-14(2)27/h1,6-12H,13H2,2-4H3,(H,23,27)(H,22,24,25). The van der Waals surface area contributed by atoms with Crippen LogP contribution in [-0.4, -0.2) is 34.9 Å². The van der Waals surface area contributed by atoms with Gasteiger partial charge in [-0.05, 0) is 56.1 Å². The van der Waals surface area contributed by atoms with E-state index in [1.54, 1.807) is 6.20 Å². The molecule has 0 atom stereocenters. The number of amides is 1. The molecule has 0 unspecified atom stereocenters. The van der Waals surface area contributed by atoms with Crippen LogP contribution >= 0.6 is 0 Å². The van der Waals surface area contributed by atoms with E-state index in [0.717, 1.165) is 39.9 Å². The Bertz CT molecular complexity index is 1040. The highest BCUT2D eigenvalue weighted by atomic mass is 16.1. The van der Waals surface area contributed by atoms with E-state index >= 15 is 0 Å². The Hall–Kier alpha value is -3.43. The SMILES string of the molecule is C#Cc1ccc2nc(Nc3cc(CN(C)C)cc(NC(C)=O)c3)ncc2c1. The molecule has 1 amide bonds. The molecule has 1 heterocycles. The molecule has 0 saturated carbocycles. The van der Waals surface area contributed by atoms with Crippen molar-refractivity contribution in [3.05, 3.63) is 53.7 Å². The lowest BCUT2D eigenvalue weighted by atomic mass is 10.1. The van der Waals surface area contributed by atoms with Gasteiger partial charge in [-0.3, -0.25) is 4.79 Å². The number of carbonyl (C=O) groups excluding carboxylic acids is 1. The van der Waals surface area contributed by atoms with Crippen molar-refractivity contribution >= 4 is 34.1 Å². The van der Waals surface area contributed by atoms with Crippen LogP contribution in [0.1, 0.15) is 18.1 Å². The quantitative estimate of drug-likeness (QED) is 0.684. The Morgan fingerprint density at radius 2 is 1.96 bits per heavy atom. The predicted molar refractivity (Wildman–Crippen MR) is 109 cm³/mol. The summed E-state index contributed by atoms with van der Waals surface area (Å²) in [7, 11) is 3.99. The Balaban J connectivity index is 1.92. The maximum Gasteiger partial charge on any atom is 0.227 e. The van der Waals surface area contributed by atoms with Gasteiger partial charge in [0.25, 0.3) is 0 Å². The van der Waals surface area contributed by atoms with Crippen LogP contribution in [0, 0.1) is 12.3 Å². The maximum atomic E-state index is 11.4. The Morgan fingerprint density at radius 3 is 2.67 bits per heavy atom. The molecular formula is C21H21N5O. The highest BCUT2D eigenvalue weighted by molar-refractivity contribution is 5.89. The second-order valence-electron chi connectivity index (χ2n) is 6.57. The van der Waals surface area contributed by atoms with Gasteiger partial charge in [0.1, 0.15) is 0 Å². The summed E-state index contributed by atoms with van der Waals surface area (Å²) in [6.45, 7) is 2.23. The first-order valence-corrected chi connectivity index (χ1v) is 8.49. The number of fused-ring (bicyclic) bond motifs is 1. The van der Waals surface area contributed by atoms with Crippen LogP contribution in [0.2, 0.25) is 0 Å². The summed E-state index contributed by atoms with van der Waals surface area (Å²) in [5, 5.41) is 6.93. The van der Waals surface area contributed by atoms with Crippen molar-refractivity contribution in [1.82, 2.24) is 14.9 Å². The first-order valence-electron chi connectivity index (χ1n) is 8.49. The van der Waals surface area contributed by atoms with Gasteiger partial charge in [-0.15, -0.1) is 6.42 Å². The Morgan fingerprint density at radius 1 is 1.19 bits per heavy atom. The van der Waals surface area contributed by atoms with Gasteiger partial charge in [0.05, 0.1) is 5.52 Å². The molecule has 2 aromatic carbocycles. The van der Waals surface area contributed by atoms with E-state index in [4.69, 9.17) is 6.42 Å². The number of rotatable bonds is 5. The van der Waals surface area contributed by atoms with Crippen molar-refractivity contribution in [3.8, 4) is 12.3 Å². The molecule has 0 aliphatic carbocycles. The Labute approximate surface area is 158 Å². The normalized spacial score (nSPS) is 10.6. The Kier molecular flexibility index (Phi) is 5.34. The number of benzene rings is 2. The van der Waals surface area contributed by atoms with E-state index in [9.17, 15) is 4.79 Å². The zero-order valence-electron chi connectivity index (χ0n) is 15.6. The summed E-state index contributed by atoms with van der Waals surface area (Å²) in [6.07, 6.45) is 7.17. The van der Waals surface area contributed by atoms with Gasteiger partial charge in [0.2, 0.25) is 11.9 Å². The van der Waals surface area contributed by atoms with Crippen molar-refractivity contribution in [3.63, 3.8) is 0 Å². The topological polar surface area (TPSA) is 70.2 Å². The average Bonchev–Trinajstić information content (AvgIpc) is 2.59. The first-order chi connectivity index (χ1) is 12.9. The van der Waals surface area contributed by atoms with E-state index < -0.39 is 0 Å². The number of nitrogens with zero attached hydrogens (tertiary/aromatic N) is 3. The number of anilines is 3. The maximum absolute atomic E-state index is 11.4. The third-order valence-electron chi connectivity index (χ3n) is 3.81. The summed E-state index contributed by atoms with van der Waals surface area (Å²) in [6, 6.07) is 11.4. The number of hydrogen-bond donors (Lipinski definition) is 2. The fraction of sp³-hybridized carbons (Fsp3) is 0.190. The third-order valence-corrected chi connectivity index (χ3v) is 3.81. The number of carbonyl (C=O) groups is 1. The minimum absolute atomic E-state index is 0.116. The van der Waals surface area contributed by atoms with E-state index in [1.807, 2.05) is 50.5 Å². The highest BCUT2D eigenvalue weighted by Gasteiger charge is 2.07. The van der Waals surface area contributed by atoms with Crippen molar-refractivity contribution in [2.75, 3.05) is 24.7 Å². The molecule has 136 valence electrons. The fourth-order valence-electron chi connectivity index (χ4n) is 2.81. The third kappa shape index (κ3) is 4.81. The van der Waals surface area contributed by atoms with Gasteiger partial charge >= 0.3 is 0 Å². The van der Waals surface area contributed by atoms with Gasteiger partial charge in [-0.25, -0.2) is 9.97 Å². The summed E-state index contributed by atoms with van der Waals surface area (Å²) in [5.74, 6) is 2.97. The number of aromatic nitrogens is 2. The van der Waals surface area contributed by atoms with Gasteiger partial charge in [0.15, 0.2) is 0 Å². The summed E-state index contributed by atoms with van der Waals surface area (Å²) in [4.78, 5) is 22.4. The van der Waals surface area contributed by atoms with E-state index in [1.165, 1.54) is 6.92 Å². The molecule has 0 fully saturated rings. The molecule has 6 heteroatoms. The lowest BCUT2D eigenvalue weighted by Crippen LogP contribution is -2.12. The average molecular weight is 359 g/mol. The van der Waals surface area contributed by atoms with Crippen molar-refractivity contribution in [2.24, 2.45) is 0 Å². The molecule has 3 rings (SSSR count). The van der Waals surface area contributed by atoms with E-state index in [0.29, 0.717) is 5.95 Å². The predicted octanol–water partition coefficient (Wildman–Crippen LogP) is 3.37. The number of hydrogen-bond acceptors (Lipinski definition) is 5. The molecule has 2 N–H and O–H groups in total. The zero-order chi connectivity index (χ0) is 19.4. The number of terminal acetylenes is 1. The van der Waals surface area contributed by atoms with Gasteiger partial charge in [0, 0.05) is 42.0 Å². The van der Waals surface area contributed by atoms with Crippen LogP contribution in [0.5, 0.6) is 0 Å². The van der Waals surface area contributed by atoms with Crippen molar-refractivity contribution < 1.29 is 4.79 Å². The molecule has 1 aromatic heterocycles. The van der Waals surface area contributed by atoms with Crippen molar-refractivity contribution in [2.45, 2.75) is 13.5 Å². The van der Waals surface area contributed by atoms with Crippen LogP contribution in [0.25, 0.3) is 10.9 Å². The van der Waals surface area contributed by atoms with Crippen LogP contribution in [0.3, 0.4) is 0 Å². The minimum atomic E-state index is -0.116. The molecule has 0 spiro atoms. The first kappa shape index (κ1) is 18.4. The minimum Gasteiger partial charge on any atom is -0.326 e. The zero-order valence-corrected chi connectivity index (χ0v) is 15.6. The van der Waals surface area contributed by atoms with Crippen LogP contribution in [0.4, 0.5) is 17.3 Å². The smallest absolute Gasteiger partial charge is 0.227 e. The molecule has 0 aliphatic heterocycles. The fourth-order valence-corrected chi connectivity index (χ4v) is 2.81. The van der Waals surface area contributed by atoms with Crippen LogP contribution < -0.4 is 10.6 Å². The molecule has 6 nitrogen and oxygen atoms in total. The molecule has 3 aromatic rings. The van der Waals surface area contributed by atoms with E-state index in [2.05, 4.69) is 31.4 Å². The summed E-state index contributed by atoms with van der Waals surface area (Å²) in [5.41, 5.74) is 4.19. The molecule has 0 saturated heterocycles. The van der Waals surface area contributed by atoms with E-state index in [-0.39, 0.29) is 5.91 Å². The molecular weight excluding hydrogens is 338 g/mol. The molecule has 0 radical (unpaired) electrons. The van der Waals surface area contributed by atoms with Crippen LogP contribution in [0.15, 0.2) is 42.6 Å². The molecule has 27 heavy (non-hydrogen) atoms. The monoisotopic (exact) mass is 359 g/mol. The van der Waals surface area contributed by atoms with Crippen LogP contribution in [-0.2, 0) is 11.3 Å². The molecule has 0 bridgehead atoms. The van der Waals surface area contributed by atoms with Gasteiger partial charge in [-0.2, -0.15) is 0 Å². The van der Waals surface area contributed by atoms with Gasteiger partial charge in [-0.1, -0.05) is 5.92 Å². The molecule has 0 aliphatic rings. The van der Waals surface area contributed by atoms with Crippen molar-refractivity contribution in [1.29, 1.82) is 0 Å². The lowest BCUT2D eigenvalue weighted by Gasteiger charge is -2.14. The largest absolute Gasteiger partial charge is 0.326 e. The summed E-state index contributed by atoms with van der Waals surface area (Å²) < 4.78 is 0. The second-order valence-corrected chi connectivity index (χ2v) is 6.57.